The summed E-state index contributed by atoms with van der Waals surface area (Å²) < 4.78 is 5.43. The van der Waals surface area contributed by atoms with E-state index in [2.05, 4.69) is 43.5 Å². The number of unbranched alkanes of at least 4 members (excludes halogenated alkanes) is 37. The maximum absolute atomic E-state index is 12.4. The number of carbonyl (C=O) groups is 2. The molecule has 0 aromatic carbocycles. The van der Waals surface area contributed by atoms with Crippen LogP contribution in [0.4, 0.5) is 0 Å². The topological polar surface area (TPSA) is 95.9 Å². The van der Waals surface area contributed by atoms with Crippen molar-refractivity contribution >= 4 is 11.9 Å². The highest BCUT2D eigenvalue weighted by molar-refractivity contribution is 5.76. The number of nitrogens with one attached hydrogen (secondary N) is 1. The monoisotopic (exact) mass is 900 g/mol. The van der Waals surface area contributed by atoms with Crippen molar-refractivity contribution in [2.24, 2.45) is 0 Å². The van der Waals surface area contributed by atoms with E-state index >= 15 is 0 Å². The molecule has 64 heavy (non-hydrogen) atoms. The number of hydrogen-bond acceptors (Lipinski definition) is 5. The molecular weight excluding hydrogens is 791 g/mol. The third-order valence-electron chi connectivity index (χ3n) is 12.9. The molecule has 0 saturated heterocycles. The molecule has 0 radical (unpaired) electrons. The first-order valence-corrected chi connectivity index (χ1v) is 28.3. The number of ether oxygens (including phenoxy) is 1. The molecule has 0 aliphatic rings. The zero-order valence-corrected chi connectivity index (χ0v) is 42.8. The Balaban J connectivity index is 3.56. The molecular formula is C58H109NO5. The fourth-order valence-corrected chi connectivity index (χ4v) is 8.51. The first-order chi connectivity index (χ1) is 31.5. The molecule has 2 atom stereocenters. The summed E-state index contributed by atoms with van der Waals surface area (Å²) in [6, 6.07) is -0.667. The van der Waals surface area contributed by atoms with Gasteiger partial charge in [-0.3, -0.25) is 9.59 Å². The third kappa shape index (κ3) is 49.5. The number of rotatable bonds is 52. The molecule has 0 saturated carbocycles. The summed E-state index contributed by atoms with van der Waals surface area (Å²) in [7, 11) is 0. The lowest BCUT2D eigenvalue weighted by Crippen LogP contribution is -2.45. The molecule has 3 N–H and O–H groups in total. The molecule has 0 aromatic heterocycles. The van der Waals surface area contributed by atoms with Gasteiger partial charge in [-0.15, -0.1) is 0 Å². The number of allylic oxidation sites excluding steroid dienone is 5. The van der Waals surface area contributed by atoms with E-state index in [1.54, 1.807) is 6.08 Å². The van der Waals surface area contributed by atoms with Crippen molar-refractivity contribution in [3.8, 4) is 0 Å². The lowest BCUT2D eigenvalue weighted by Gasteiger charge is -2.19. The number of aliphatic hydroxyl groups excluding tert-OH is 2. The molecule has 6 nitrogen and oxygen atoms in total. The predicted octanol–water partition coefficient (Wildman–Crippen LogP) is 17.2. The average Bonchev–Trinajstić information content (AvgIpc) is 3.29. The highest BCUT2D eigenvalue weighted by Gasteiger charge is 2.18. The van der Waals surface area contributed by atoms with Crippen LogP contribution >= 0.6 is 0 Å². The molecule has 0 rings (SSSR count). The van der Waals surface area contributed by atoms with Crippen molar-refractivity contribution in [2.45, 2.75) is 309 Å². The molecule has 0 aromatic rings. The van der Waals surface area contributed by atoms with Gasteiger partial charge in [0.15, 0.2) is 0 Å². The molecule has 0 bridgehead atoms. The van der Waals surface area contributed by atoms with Crippen molar-refractivity contribution in [3.05, 3.63) is 36.5 Å². The predicted molar refractivity (Wildman–Crippen MR) is 278 cm³/mol. The second-order valence-electron chi connectivity index (χ2n) is 19.3. The van der Waals surface area contributed by atoms with Crippen LogP contribution in [0.15, 0.2) is 36.5 Å². The molecule has 6 heteroatoms. The summed E-state index contributed by atoms with van der Waals surface area (Å²) in [6.07, 6.45) is 66.0. The minimum atomic E-state index is -0.877. The summed E-state index contributed by atoms with van der Waals surface area (Å²) in [5, 5.41) is 23.1. The second kappa shape index (κ2) is 53.7. The normalized spacial score (nSPS) is 12.9. The number of carbonyl (C=O) groups excluding carboxylic acids is 2. The lowest BCUT2D eigenvalue weighted by atomic mass is 10.0. The fraction of sp³-hybridized carbons (Fsp3) is 0.862. The van der Waals surface area contributed by atoms with Crippen LogP contribution in [0.2, 0.25) is 0 Å². The average molecular weight is 901 g/mol. The number of aliphatic hydroxyl groups is 2. The fourth-order valence-electron chi connectivity index (χ4n) is 8.51. The SMILES string of the molecule is CCCCCC/C=C\CCCCCCCC(=O)OCCCCCC/C=C\CCCC(=O)NC(CO)C(O)/C=C/CCCCCCCCCCCCCCCCCCCCCCCCC. The van der Waals surface area contributed by atoms with Gasteiger partial charge < -0.3 is 20.3 Å². The Morgan fingerprint density at radius 2 is 0.750 bits per heavy atom. The minimum absolute atomic E-state index is 0.0470. The summed E-state index contributed by atoms with van der Waals surface area (Å²) >= 11 is 0. The van der Waals surface area contributed by atoms with Crippen LogP contribution in [0.3, 0.4) is 0 Å². The van der Waals surface area contributed by atoms with E-state index in [4.69, 9.17) is 4.74 Å². The Kier molecular flexibility index (Phi) is 52.1. The molecule has 0 spiro atoms. The Hall–Kier alpha value is -1.92. The van der Waals surface area contributed by atoms with E-state index in [0.29, 0.717) is 19.4 Å². The Labute approximate surface area is 398 Å². The van der Waals surface area contributed by atoms with Crippen LogP contribution in [0.1, 0.15) is 296 Å². The smallest absolute Gasteiger partial charge is 0.305 e. The first-order valence-electron chi connectivity index (χ1n) is 28.3. The van der Waals surface area contributed by atoms with Gasteiger partial charge in [0.1, 0.15) is 0 Å². The number of amides is 1. The van der Waals surface area contributed by atoms with Gasteiger partial charge in [-0.1, -0.05) is 243 Å². The van der Waals surface area contributed by atoms with Crippen LogP contribution in [0, 0.1) is 0 Å². The van der Waals surface area contributed by atoms with Crippen LogP contribution in [0.25, 0.3) is 0 Å². The van der Waals surface area contributed by atoms with E-state index < -0.39 is 12.1 Å². The number of esters is 1. The van der Waals surface area contributed by atoms with E-state index in [-0.39, 0.29) is 18.5 Å². The van der Waals surface area contributed by atoms with Crippen LogP contribution in [-0.4, -0.2) is 47.4 Å². The van der Waals surface area contributed by atoms with Gasteiger partial charge in [0, 0.05) is 12.8 Å². The standard InChI is InChI=1S/C58H109NO5/c1-3-5-7-9-11-13-15-17-18-19-20-21-22-23-24-25-26-27-28-30-31-34-38-42-46-50-56(61)55(54-60)59-57(62)51-47-43-39-35-33-37-41-45-49-53-64-58(63)52-48-44-40-36-32-29-16-14-12-10-8-6-4-2/h14,16,35,39,46,50,55-56,60-61H,3-13,15,17-34,36-38,40-45,47-49,51-54H2,1-2H3,(H,59,62)/b16-14-,39-35-,50-46+. The maximum Gasteiger partial charge on any atom is 0.305 e. The molecule has 0 fully saturated rings. The zero-order valence-electron chi connectivity index (χ0n) is 42.8. The van der Waals surface area contributed by atoms with Gasteiger partial charge in [0.05, 0.1) is 25.4 Å². The van der Waals surface area contributed by atoms with Crippen molar-refractivity contribution < 1.29 is 24.5 Å². The van der Waals surface area contributed by atoms with E-state index in [9.17, 15) is 19.8 Å². The second-order valence-corrected chi connectivity index (χ2v) is 19.3. The molecule has 0 heterocycles. The van der Waals surface area contributed by atoms with Crippen molar-refractivity contribution in [2.75, 3.05) is 13.2 Å². The Morgan fingerprint density at radius 3 is 1.16 bits per heavy atom. The van der Waals surface area contributed by atoms with Gasteiger partial charge in [-0.25, -0.2) is 0 Å². The van der Waals surface area contributed by atoms with E-state index in [1.165, 1.54) is 199 Å². The van der Waals surface area contributed by atoms with Gasteiger partial charge in [0.2, 0.25) is 5.91 Å². The minimum Gasteiger partial charge on any atom is -0.466 e. The molecule has 0 aliphatic carbocycles. The van der Waals surface area contributed by atoms with Gasteiger partial charge in [-0.05, 0) is 77.0 Å². The highest BCUT2D eigenvalue weighted by atomic mass is 16.5. The van der Waals surface area contributed by atoms with Gasteiger partial charge in [-0.2, -0.15) is 0 Å². The molecule has 376 valence electrons. The van der Waals surface area contributed by atoms with E-state index in [1.807, 2.05) is 6.08 Å². The highest BCUT2D eigenvalue weighted by Crippen LogP contribution is 2.17. The Morgan fingerprint density at radius 1 is 0.422 bits per heavy atom. The van der Waals surface area contributed by atoms with E-state index in [0.717, 1.165) is 70.6 Å². The van der Waals surface area contributed by atoms with Crippen molar-refractivity contribution in [1.29, 1.82) is 0 Å². The molecule has 0 aliphatic heterocycles. The van der Waals surface area contributed by atoms with Crippen molar-refractivity contribution in [1.82, 2.24) is 5.32 Å². The zero-order chi connectivity index (χ0) is 46.5. The van der Waals surface area contributed by atoms with Crippen LogP contribution < -0.4 is 5.32 Å². The van der Waals surface area contributed by atoms with Crippen molar-refractivity contribution in [3.63, 3.8) is 0 Å². The lowest BCUT2D eigenvalue weighted by molar-refractivity contribution is -0.143. The summed E-state index contributed by atoms with van der Waals surface area (Å²) in [5.41, 5.74) is 0. The number of hydrogen-bond donors (Lipinski definition) is 3. The van der Waals surface area contributed by atoms with Gasteiger partial charge >= 0.3 is 5.97 Å². The third-order valence-corrected chi connectivity index (χ3v) is 12.9. The first kappa shape index (κ1) is 62.1. The van der Waals surface area contributed by atoms with Crippen LogP contribution in [0.5, 0.6) is 0 Å². The van der Waals surface area contributed by atoms with Gasteiger partial charge in [0.25, 0.3) is 0 Å². The Bertz CT molecular complexity index is 1040. The largest absolute Gasteiger partial charge is 0.466 e. The quantitative estimate of drug-likeness (QED) is 0.0321. The summed E-state index contributed by atoms with van der Waals surface area (Å²) in [6.45, 7) is 4.80. The summed E-state index contributed by atoms with van der Waals surface area (Å²) in [5.74, 6) is -0.174. The summed E-state index contributed by atoms with van der Waals surface area (Å²) in [4.78, 5) is 24.5. The maximum atomic E-state index is 12.4. The van der Waals surface area contributed by atoms with Crippen LogP contribution in [-0.2, 0) is 14.3 Å². The molecule has 1 amide bonds. The molecule has 2 unspecified atom stereocenters.